The van der Waals surface area contributed by atoms with E-state index in [2.05, 4.69) is 6.92 Å². The van der Waals surface area contributed by atoms with Gasteiger partial charge in [-0.3, -0.25) is 9.59 Å². The van der Waals surface area contributed by atoms with Gasteiger partial charge in [-0.25, -0.2) is 0 Å². The monoisotopic (exact) mass is 343 g/mol. The maximum Gasteiger partial charge on any atom is 0.314 e. The molecule has 0 radical (unpaired) electrons. The highest BCUT2D eigenvalue weighted by Crippen LogP contribution is 2.51. The van der Waals surface area contributed by atoms with Gasteiger partial charge in [0.05, 0.1) is 11.3 Å². The van der Waals surface area contributed by atoms with Crippen LogP contribution in [0.5, 0.6) is 5.75 Å². The van der Waals surface area contributed by atoms with Gasteiger partial charge in [0.25, 0.3) is 0 Å². The minimum atomic E-state index is -0.534. The lowest BCUT2D eigenvalue weighted by Gasteiger charge is -2.47. The van der Waals surface area contributed by atoms with Crippen LogP contribution in [0.1, 0.15) is 58.3 Å². The number of amides is 1. The standard InChI is InChI=1S/C21H29NO3/c1-15-10-11-17(19(23)25-16-8-4-2-5-9-16)18(14-15)21(20(22)24)12-6-3-7-13-21/h2,4-5,8-9,15,17-18H,3,6-7,10-14H2,1H3,(H2,22,24). The molecule has 136 valence electrons. The van der Waals surface area contributed by atoms with Crippen LogP contribution in [0.15, 0.2) is 30.3 Å². The van der Waals surface area contributed by atoms with Crippen molar-refractivity contribution in [1.82, 2.24) is 0 Å². The van der Waals surface area contributed by atoms with Crippen molar-refractivity contribution >= 4 is 11.9 Å². The van der Waals surface area contributed by atoms with E-state index in [0.717, 1.165) is 51.4 Å². The molecule has 0 aliphatic heterocycles. The zero-order valence-corrected chi connectivity index (χ0v) is 15.1. The SMILES string of the molecule is CC1CCC(C(=O)Oc2ccccc2)C(C2(C(N)=O)CCCCC2)C1. The van der Waals surface area contributed by atoms with E-state index in [1.165, 1.54) is 0 Å². The van der Waals surface area contributed by atoms with Crippen molar-refractivity contribution < 1.29 is 14.3 Å². The zero-order valence-electron chi connectivity index (χ0n) is 15.1. The molecule has 0 aromatic heterocycles. The Kier molecular flexibility index (Phi) is 5.45. The van der Waals surface area contributed by atoms with Gasteiger partial charge in [-0.05, 0) is 56.1 Å². The number of primary amides is 1. The fraction of sp³-hybridized carbons (Fsp3) is 0.619. The second-order valence-corrected chi connectivity index (χ2v) is 7.95. The molecule has 1 aromatic rings. The third-order valence-corrected chi connectivity index (χ3v) is 6.32. The van der Waals surface area contributed by atoms with Crippen LogP contribution >= 0.6 is 0 Å². The van der Waals surface area contributed by atoms with Gasteiger partial charge < -0.3 is 10.5 Å². The lowest BCUT2D eigenvalue weighted by Crippen LogP contribution is -2.51. The Balaban J connectivity index is 1.85. The molecular formula is C21H29NO3. The summed E-state index contributed by atoms with van der Waals surface area (Å²) in [6.45, 7) is 2.21. The Morgan fingerprint density at radius 1 is 1.08 bits per heavy atom. The van der Waals surface area contributed by atoms with E-state index in [4.69, 9.17) is 10.5 Å². The zero-order chi connectivity index (χ0) is 17.9. The van der Waals surface area contributed by atoms with Crippen molar-refractivity contribution in [1.29, 1.82) is 0 Å². The van der Waals surface area contributed by atoms with E-state index in [-0.39, 0.29) is 23.7 Å². The van der Waals surface area contributed by atoms with Gasteiger partial charge >= 0.3 is 5.97 Å². The van der Waals surface area contributed by atoms with Gasteiger partial charge in [0.15, 0.2) is 0 Å². The van der Waals surface area contributed by atoms with Crippen LogP contribution in [-0.4, -0.2) is 11.9 Å². The lowest BCUT2D eigenvalue weighted by molar-refractivity contribution is -0.150. The van der Waals surface area contributed by atoms with Crippen molar-refractivity contribution in [3.05, 3.63) is 30.3 Å². The molecule has 0 spiro atoms. The number of carbonyl (C=O) groups is 2. The number of esters is 1. The fourth-order valence-corrected chi connectivity index (χ4v) is 4.94. The molecule has 1 aromatic carbocycles. The van der Waals surface area contributed by atoms with Crippen LogP contribution in [0.4, 0.5) is 0 Å². The quantitative estimate of drug-likeness (QED) is 0.661. The summed E-state index contributed by atoms with van der Waals surface area (Å²) >= 11 is 0. The third kappa shape index (κ3) is 3.73. The van der Waals surface area contributed by atoms with Crippen LogP contribution in [0, 0.1) is 23.2 Å². The van der Waals surface area contributed by atoms with Gasteiger partial charge in [-0.15, -0.1) is 0 Å². The number of rotatable bonds is 4. The van der Waals surface area contributed by atoms with Gasteiger partial charge in [-0.2, -0.15) is 0 Å². The number of nitrogens with two attached hydrogens (primary N) is 1. The molecule has 0 bridgehead atoms. The lowest BCUT2D eigenvalue weighted by atomic mass is 9.56. The predicted molar refractivity (Wildman–Crippen MR) is 96.8 cm³/mol. The van der Waals surface area contributed by atoms with Crippen LogP contribution in [0.2, 0.25) is 0 Å². The summed E-state index contributed by atoms with van der Waals surface area (Å²) in [5.41, 5.74) is 5.37. The molecule has 3 atom stereocenters. The maximum absolute atomic E-state index is 12.9. The Morgan fingerprint density at radius 2 is 1.76 bits per heavy atom. The first-order valence-electron chi connectivity index (χ1n) is 9.59. The van der Waals surface area contributed by atoms with Gasteiger partial charge in [0, 0.05) is 0 Å². The highest BCUT2D eigenvalue weighted by molar-refractivity contribution is 5.83. The number of ether oxygens (including phenoxy) is 1. The van der Waals surface area contributed by atoms with Crippen molar-refractivity contribution in [2.24, 2.45) is 28.9 Å². The first-order chi connectivity index (χ1) is 12.0. The molecule has 25 heavy (non-hydrogen) atoms. The van der Waals surface area contributed by atoms with E-state index in [1.807, 2.05) is 18.2 Å². The molecule has 3 unspecified atom stereocenters. The van der Waals surface area contributed by atoms with Crippen LogP contribution in [0.25, 0.3) is 0 Å². The molecule has 1 amide bonds. The molecule has 0 saturated heterocycles. The van der Waals surface area contributed by atoms with Crippen LogP contribution < -0.4 is 10.5 Å². The first kappa shape index (κ1) is 18.0. The Bertz CT molecular complexity index is 607. The molecule has 2 saturated carbocycles. The van der Waals surface area contributed by atoms with E-state index in [9.17, 15) is 9.59 Å². The second kappa shape index (κ2) is 7.59. The molecule has 4 heteroatoms. The average Bonchev–Trinajstić information content (AvgIpc) is 2.63. The highest BCUT2D eigenvalue weighted by atomic mass is 16.5. The van der Waals surface area contributed by atoms with Crippen molar-refractivity contribution in [2.45, 2.75) is 58.3 Å². The van der Waals surface area contributed by atoms with Gasteiger partial charge in [0.1, 0.15) is 5.75 Å². The molecular weight excluding hydrogens is 314 g/mol. The first-order valence-corrected chi connectivity index (χ1v) is 9.59. The molecule has 0 heterocycles. The van der Waals surface area contributed by atoms with Crippen molar-refractivity contribution in [3.63, 3.8) is 0 Å². The van der Waals surface area contributed by atoms with Crippen molar-refractivity contribution in [2.75, 3.05) is 0 Å². The third-order valence-electron chi connectivity index (χ3n) is 6.32. The molecule has 4 nitrogen and oxygen atoms in total. The highest BCUT2D eigenvalue weighted by Gasteiger charge is 2.51. The largest absolute Gasteiger partial charge is 0.426 e. The smallest absolute Gasteiger partial charge is 0.314 e. The van der Waals surface area contributed by atoms with Gasteiger partial charge in [-0.1, -0.05) is 44.4 Å². The van der Waals surface area contributed by atoms with E-state index < -0.39 is 5.41 Å². The van der Waals surface area contributed by atoms with Crippen LogP contribution in [0.3, 0.4) is 0 Å². The predicted octanol–water partition coefficient (Wildman–Crippen LogP) is 4.08. The molecule has 2 aliphatic rings. The summed E-state index contributed by atoms with van der Waals surface area (Å²) in [5.74, 6) is 0.441. The van der Waals surface area contributed by atoms with Crippen molar-refractivity contribution in [3.8, 4) is 5.75 Å². The number of hydrogen-bond acceptors (Lipinski definition) is 3. The van der Waals surface area contributed by atoms with E-state index in [1.54, 1.807) is 12.1 Å². The molecule has 2 N–H and O–H groups in total. The summed E-state index contributed by atoms with van der Waals surface area (Å²) in [5, 5.41) is 0. The fourth-order valence-electron chi connectivity index (χ4n) is 4.94. The molecule has 2 aliphatic carbocycles. The normalized spacial score (nSPS) is 28.9. The molecule has 2 fully saturated rings. The Hall–Kier alpha value is -1.84. The second-order valence-electron chi connectivity index (χ2n) is 7.95. The van der Waals surface area contributed by atoms with E-state index in [0.29, 0.717) is 11.7 Å². The average molecular weight is 343 g/mol. The van der Waals surface area contributed by atoms with Crippen LogP contribution in [-0.2, 0) is 9.59 Å². The summed E-state index contributed by atoms with van der Waals surface area (Å²) in [7, 11) is 0. The minimum absolute atomic E-state index is 0.00487. The summed E-state index contributed by atoms with van der Waals surface area (Å²) in [6, 6.07) is 9.20. The molecule has 3 rings (SSSR count). The Labute approximate surface area is 150 Å². The topological polar surface area (TPSA) is 69.4 Å². The van der Waals surface area contributed by atoms with Gasteiger partial charge in [0.2, 0.25) is 5.91 Å². The summed E-state index contributed by atoms with van der Waals surface area (Å²) < 4.78 is 5.64. The summed E-state index contributed by atoms with van der Waals surface area (Å²) in [6.07, 6.45) is 7.49. The maximum atomic E-state index is 12.9. The number of para-hydroxylation sites is 1. The van der Waals surface area contributed by atoms with E-state index >= 15 is 0 Å². The number of carbonyl (C=O) groups excluding carboxylic acids is 2. The Morgan fingerprint density at radius 3 is 2.40 bits per heavy atom. The number of benzene rings is 1. The minimum Gasteiger partial charge on any atom is -0.426 e. The number of hydrogen-bond donors (Lipinski definition) is 1. The summed E-state index contributed by atoms with van der Waals surface area (Å²) in [4.78, 5) is 25.4.